The average molecular weight is 330 g/mol. The topological polar surface area (TPSA) is 47.9 Å². The van der Waals surface area contributed by atoms with Crippen molar-refractivity contribution in [1.29, 1.82) is 0 Å². The molecule has 0 spiro atoms. The fourth-order valence-electron chi connectivity index (χ4n) is 2.97. The zero-order chi connectivity index (χ0) is 17.5. The summed E-state index contributed by atoms with van der Waals surface area (Å²) in [6.07, 6.45) is 1.12. The minimum atomic E-state index is 0.142. The van der Waals surface area contributed by atoms with Crippen molar-refractivity contribution in [3.63, 3.8) is 0 Å². The Morgan fingerprint density at radius 3 is 2.46 bits per heavy atom. The van der Waals surface area contributed by atoms with Gasteiger partial charge in [-0.15, -0.1) is 0 Å². The SMILES string of the molecule is CCN=C(NC1CC1c1ccccc1)N(C)CC(=O)N(CC)CC. The lowest BCUT2D eigenvalue weighted by molar-refractivity contribution is -0.131. The van der Waals surface area contributed by atoms with Crippen LogP contribution in [-0.2, 0) is 4.79 Å². The molecule has 1 fully saturated rings. The Hall–Kier alpha value is -2.04. The highest BCUT2D eigenvalue weighted by molar-refractivity contribution is 5.86. The van der Waals surface area contributed by atoms with E-state index in [0.29, 0.717) is 25.0 Å². The summed E-state index contributed by atoms with van der Waals surface area (Å²) in [5, 5.41) is 3.53. The standard InChI is InChI=1S/C19H30N4O/c1-5-20-19(22(4)14-18(24)23(6-2)7-3)21-17-13-16(17)15-11-9-8-10-12-15/h8-12,16-17H,5-7,13-14H2,1-4H3,(H,20,21). The lowest BCUT2D eigenvalue weighted by atomic mass is 10.1. The van der Waals surface area contributed by atoms with Crippen LogP contribution >= 0.6 is 0 Å². The molecule has 2 atom stereocenters. The summed E-state index contributed by atoms with van der Waals surface area (Å²) in [6.45, 7) is 8.59. The first kappa shape index (κ1) is 18.3. The molecule has 5 nitrogen and oxygen atoms in total. The molecule has 5 heteroatoms. The van der Waals surface area contributed by atoms with Gasteiger partial charge in [-0.3, -0.25) is 9.79 Å². The number of nitrogens with one attached hydrogen (secondary N) is 1. The molecule has 1 amide bonds. The van der Waals surface area contributed by atoms with Crippen LogP contribution in [0.1, 0.15) is 38.7 Å². The van der Waals surface area contributed by atoms with Crippen LogP contribution in [0, 0.1) is 0 Å². The van der Waals surface area contributed by atoms with Gasteiger partial charge < -0.3 is 15.1 Å². The maximum absolute atomic E-state index is 12.3. The predicted octanol–water partition coefficient (Wildman–Crippen LogP) is 2.31. The Bertz CT molecular complexity index is 554. The minimum absolute atomic E-state index is 0.142. The number of likely N-dealkylation sites (N-methyl/N-ethyl adjacent to an activating group) is 2. The highest BCUT2D eigenvalue weighted by Crippen LogP contribution is 2.40. The Kier molecular flexibility index (Phi) is 6.64. The largest absolute Gasteiger partial charge is 0.353 e. The summed E-state index contributed by atoms with van der Waals surface area (Å²) < 4.78 is 0. The van der Waals surface area contributed by atoms with E-state index in [1.807, 2.05) is 43.7 Å². The molecule has 132 valence electrons. The number of benzene rings is 1. The summed E-state index contributed by atoms with van der Waals surface area (Å²) in [5.41, 5.74) is 1.37. The molecule has 24 heavy (non-hydrogen) atoms. The average Bonchev–Trinajstić information content (AvgIpc) is 3.35. The van der Waals surface area contributed by atoms with Gasteiger partial charge in [0.05, 0.1) is 6.54 Å². The Labute approximate surface area is 145 Å². The van der Waals surface area contributed by atoms with Gasteiger partial charge >= 0.3 is 0 Å². The van der Waals surface area contributed by atoms with Crippen molar-refractivity contribution in [3.05, 3.63) is 35.9 Å². The highest BCUT2D eigenvalue weighted by Gasteiger charge is 2.39. The molecular weight excluding hydrogens is 300 g/mol. The summed E-state index contributed by atoms with van der Waals surface area (Å²) in [4.78, 5) is 20.7. The number of rotatable bonds is 7. The van der Waals surface area contributed by atoms with Gasteiger partial charge in [0, 0.05) is 38.6 Å². The van der Waals surface area contributed by atoms with Gasteiger partial charge in [0.2, 0.25) is 5.91 Å². The Balaban J connectivity index is 1.93. The lowest BCUT2D eigenvalue weighted by Gasteiger charge is -2.26. The third kappa shape index (κ3) is 4.73. The number of carbonyl (C=O) groups excluding carboxylic acids is 1. The smallest absolute Gasteiger partial charge is 0.242 e. The summed E-state index contributed by atoms with van der Waals surface area (Å²) in [7, 11) is 1.93. The second-order valence-corrected chi connectivity index (χ2v) is 6.22. The van der Waals surface area contributed by atoms with E-state index in [0.717, 1.165) is 25.5 Å². The van der Waals surface area contributed by atoms with Crippen LogP contribution in [0.15, 0.2) is 35.3 Å². The number of aliphatic imine (C=N–C) groups is 1. The molecule has 0 saturated heterocycles. The van der Waals surface area contributed by atoms with E-state index < -0.39 is 0 Å². The first-order valence-electron chi connectivity index (χ1n) is 8.95. The number of hydrogen-bond donors (Lipinski definition) is 1. The van der Waals surface area contributed by atoms with Gasteiger partial charge in [-0.1, -0.05) is 30.3 Å². The van der Waals surface area contributed by atoms with Crippen molar-refractivity contribution in [2.45, 2.75) is 39.2 Å². The van der Waals surface area contributed by atoms with Crippen molar-refractivity contribution >= 4 is 11.9 Å². The van der Waals surface area contributed by atoms with Gasteiger partial charge in [-0.05, 0) is 32.8 Å². The molecular formula is C19H30N4O. The van der Waals surface area contributed by atoms with Crippen molar-refractivity contribution in [2.24, 2.45) is 4.99 Å². The molecule has 0 radical (unpaired) electrons. The maximum Gasteiger partial charge on any atom is 0.242 e. The fraction of sp³-hybridized carbons (Fsp3) is 0.579. The quantitative estimate of drug-likeness (QED) is 0.616. The first-order valence-corrected chi connectivity index (χ1v) is 8.95. The number of carbonyl (C=O) groups is 1. The molecule has 1 aliphatic rings. The molecule has 0 heterocycles. The normalized spacial score (nSPS) is 19.8. The van der Waals surface area contributed by atoms with Gasteiger partial charge in [-0.2, -0.15) is 0 Å². The second-order valence-electron chi connectivity index (χ2n) is 6.22. The van der Waals surface area contributed by atoms with Crippen LogP contribution in [-0.4, -0.2) is 60.9 Å². The van der Waals surface area contributed by atoms with E-state index in [4.69, 9.17) is 0 Å². The van der Waals surface area contributed by atoms with Crippen molar-refractivity contribution < 1.29 is 4.79 Å². The van der Waals surface area contributed by atoms with Crippen LogP contribution in [0.3, 0.4) is 0 Å². The number of guanidine groups is 1. The van der Waals surface area contributed by atoms with Crippen LogP contribution in [0.4, 0.5) is 0 Å². The summed E-state index contributed by atoms with van der Waals surface area (Å²) in [5.74, 6) is 1.50. The minimum Gasteiger partial charge on any atom is -0.353 e. The molecule has 1 saturated carbocycles. The third-order valence-electron chi connectivity index (χ3n) is 4.49. The molecule has 0 aliphatic heterocycles. The first-order chi connectivity index (χ1) is 11.6. The maximum atomic E-state index is 12.3. The van der Waals surface area contributed by atoms with E-state index in [-0.39, 0.29) is 5.91 Å². The lowest BCUT2D eigenvalue weighted by Crippen LogP contribution is -2.46. The van der Waals surface area contributed by atoms with Crippen molar-refractivity contribution in [1.82, 2.24) is 15.1 Å². The van der Waals surface area contributed by atoms with E-state index in [1.165, 1.54) is 5.56 Å². The van der Waals surface area contributed by atoms with Gasteiger partial charge in [0.1, 0.15) is 0 Å². The van der Waals surface area contributed by atoms with Gasteiger partial charge in [-0.25, -0.2) is 0 Å². The molecule has 1 aliphatic carbocycles. The third-order valence-corrected chi connectivity index (χ3v) is 4.49. The van der Waals surface area contributed by atoms with E-state index >= 15 is 0 Å². The number of amides is 1. The number of nitrogens with zero attached hydrogens (tertiary/aromatic N) is 3. The monoisotopic (exact) mass is 330 g/mol. The molecule has 1 N–H and O–H groups in total. The van der Waals surface area contributed by atoms with Crippen LogP contribution in [0.2, 0.25) is 0 Å². The molecule has 1 aromatic carbocycles. The van der Waals surface area contributed by atoms with Gasteiger partial charge in [0.25, 0.3) is 0 Å². The second kappa shape index (κ2) is 8.71. The van der Waals surface area contributed by atoms with E-state index in [9.17, 15) is 4.79 Å². The Morgan fingerprint density at radius 2 is 1.88 bits per heavy atom. The molecule has 2 rings (SSSR count). The zero-order valence-corrected chi connectivity index (χ0v) is 15.3. The van der Waals surface area contributed by atoms with Crippen LogP contribution in [0.25, 0.3) is 0 Å². The van der Waals surface area contributed by atoms with Crippen LogP contribution in [0.5, 0.6) is 0 Å². The fourth-order valence-corrected chi connectivity index (χ4v) is 2.97. The summed E-state index contributed by atoms with van der Waals surface area (Å²) in [6, 6.07) is 11.0. The summed E-state index contributed by atoms with van der Waals surface area (Å²) >= 11 is 0. The zero-order valence-electron chi connectivity index (χ0n) is 15.3. The van der Waals surface area contributed by atoms with E-state index in [1.54, 1.807) is 0 Å². The van der Waals surface area contributed by atoms with Crippen molar-refractivity contribution in [3.8, 4) is 0 Å². The van der Waals surface area contributed by atoms with Crippen molar-refractivity contribution in [2.75, 3.05) is 33.2 Å². The van der Waals surface area contributed by atoms with Gasteiger partial charge in [0.15, 0.2) is 5.96 Å². The number of hydrogen-bond acceptors (Lipinski definition) is 2. The molecule has 0 aromatic heterocycles. The molecule has 1 aromatic rings. The molecule has 0 bridgehead atoms. The highest BCUT2D eigenvalue weighted by atomic mass is 16.2. The van der Waals surface area contributed by atoms with E-state index in [2.05, 4.69) is 34.6 Å². The molecule has 2 unspecified atom stereocenters. The Morgan fingerprint density at radius 1 is 1.21 bits per heavy atom. The predicted molar refractivity (Wildman–Crippen MR) is 99.3 cm³/mol. The van der Waals surface area contributed by atoms with Crippen LogP contribution < -0.4 is 5.32 Å².